The number of benzene rings is 1. The molecular weight excluding hydrogens is 482 g/mol. The van der Waals surface area contributed by atoms with Gasteiger partial charge < -0.3 is 5.32 Å². The van der Waals surface area contributed by atoms with E-state index in [1.54, 1.807) is 18.2 Å². The number of halogens is 5. The van der Waals surface area contributed by atoms with Gasteiger partial charge in [0.1, 0.15) is 0 Å². The molecule has 0 saturated heterocycles. The predicted octanol–water partition coefficient (Wildman–Crippen LogP) is 5.05. The largest absolute Gasteiger partial charge is 0.433 e. The molecule has 3 aromatic heterocycles. The molecule has 3 heterocycles. The minimum Gasteiger partial charge on any atom is -0.320 e. The van der Waals surface area contributed by atoms with Crippen molar-refractivity contribution in [2.24, 2.45) is 0 Å². The fourth-order valence-electron chi connectivity index (χ4n) is 3.18. The molecule has 0 aliphatic carbocycles. The van der Waals surface area contributed by atoms with E-state index in [1.165, 1.54) is 37.6 Å². The van der Waals surface area contributed by atoms with Gasteiger partial charge in [0, 0.05) is 5.02 Å². The first-order chi connectivity index (χ1) is 15.6. The number of hydrogen-bond acceptors (Lipinski definition) is 5. The van der Waals surface area contributed by atoms with Crippen molar-refractivity contribution in [3.05, 3.63) is 82.0 Å². The normalized spacial score (nSPS) is 12.5. The maximum atomic E-state index is 14.0. The van der Waals surface area contributed by atoms with Crippen molar-refractivity contribution in [3.8, 4) is 5.82 Å². The van der Waals surface area contributed by atoms with Crippen LogP contribution in [0.15, 0.2) is 55.1 Å². The molecule has 1 atom stereocenters. The van der Waals surface area contributed by atoms with Crippen LogP contribution in [0.3, 0.4) is 0 Å². The molecule has 4 aromatic rings. The second kappa shape index (κ2) is 8.83. The van der Waals surface area contributed by atoms with Gasteiger partial charge in [-0.1, -0.05) is 35.3 Å². The van der Waals surface area contributed by atoms with Crippen LogP contribution in [0.1, 0.15) is 34.6 Å². The number of nitrogens with zero attached hydrogens (tertiary/aromatic N) is 6. The van der Waals surface area contributed by atoms with E-state index in [9.17, 15) is 18.0 Å². The van der Waals surface area contributed by atoms with E-state index in [0.717, 1.165) is 15.7 Å². The van der Waals surface area contributed by atoms with E-state index in [1.807, 2.05) is 0 Å². The van der Waals surface area contributed by atoms with Crippen molar-refractivity contribution < 1.29 is 18.0 Å². The maximum Gasteiger partial charge on any atom is 0.433 e. The van der Waals surface area contributed by atoms with Crippen LogP contribution in [0.25, 0.3) is 5.82 Å². The molecule has 0 fully saturated rings. The Morgan fingerprint density at radius 1 is 1.09 bits per heavy atom. The molecule has 1 amide bonds. The zero-order valence-corrected chi connectivity index (χ0v) is 18.3. The van der Waals surface area contributed by atoms with Gasteiger partial charge in [-0.05, 0) is 30.7 Å². The fourth-order valence-corrected chi connectivity index (χ4v) is 3.62. The zero-order chi connectivity index (χ0) is 23.8. The van der Waals surface area contributed by atoms with E-state index in [2.05, 4.69) is 25.6 Å². The molecule has 4 rings (SSSR count). The number of aromatic nitrogens is 6. The monoisotopic (exact) mass is 495 g/mol. The highest BCUT2D eigenvalue weighted by atomic mass is 35.5. The molecule has 1 unspecified atom stereocenters. The Morgan fingerprint density at radius 3 is 2.45 bits per heavy atom. The van der Waals surface area contributed by atoms with Gasteiger partial charge in [-0.15, -0.1) is 4.80 Å². The van der Waals surface area contributed by atoms with Crippen LogP contribution in [0.4, 0.5) is 18.9 Å². The van der Waals surface area contributed by atoms with Crippen molar-refractivity contribution in [1.82, 2.24) is 29.8 Å². The summed E-state index contributed by atoms with van der Waals surface area (Å²) in [4.78, 5) is 18.0. The molecule has 0 spiro atoms. The van der Waals surface area contributed by atoms with Gasteiger partial charge >= 0.3 is 6.18 Å². The average Bonchev–Trinajstić information content (AvgIpc) is 3.43. The smallest absolute Gasteiger partial charge is 0.320 e. The van der Waals surface area contributed by atoms with E-state index in [4.69, 9.17) is 23.2 Å². The Balaban J connectivity index is 1.65. The van der Waals surface area contributed by atoms with Gasteiger partial charge in [-0.2, -0.15) is 28.5 Å². The van der Waals surface area contributed by atoms with E-state index in [0.29, 0.717) is 10.6 Å². The highest BCUT2D eigenvalue weighted by molar-refractivity contribution is 6.32. The third-order valence-corrected chi connectivity index (χ3v) is 5.21. The number of carbonyl (C=O) groups is 1. The quantitative estimate of drug-likeness (QED) is 0.418. The van der Waals surface area contributed by atoms with Gasteiger partial charge in [0.25, 0.3) is 5.91 Å². The van der Waals surface area contributed by atoms with E-state index < -0.39 is 29.4 Å². The third-order valence-electron chi connectivity index (χ3n) is 4.69. The molecule has 33 heavy (non-hydrogen) atoms. The highest BCUT2D eigenvalue weighted by Gasteiger charge is 2.41. The van der Waals surface area contributed by atoms with Crippen LogP contribution in [0, 0.1) is 0 Å². The summed E-state index contributed by atoms with van der Waals surface area (Å²) in [5, 5.41) is 14.5. The predicted molar refractivity (Wildman–Crippen MR) is 115 cm³/mol. The average molecular weight is 496 g/mol. The van der Waals surface area contributed by atoms with Crippen molar-refractivity contribution in [2.45, 2.75) is 19.1 Å². The minimum absolute atomic E-state index is 0.0877. The topological polar surface area (TPSA) is 90.5 Å². The van der Waals surface area contributed by atoms with Gasteiger partial charge in [0.15, 0.2) is 11.5 Å². The molecule has 170 valence electrons. The Morgan fingerprint density at radius 2 is 1.82 bits per heavy atom. The summed E-state index contributed by atoms with van der Waals surface area (Å²) >= 11 is 12.1. The molecule has 13 heteroatoms. The van der Waals surface area contributed by atoms with Crippen LogP contribution in [0.2, 0.25) is 10.0 Å². The van der Waals surface area contributed by atoms with Gasteiger partial charge in [0.05, 0.1) is 47.1 Å². The van der Waals surface area contributed by atoms with E-state index in [-0.39, 0.29) is 16.5 Å². The lowest BCUT2D eigenvalue weighted by Gasteiger charge is -2.19. The third kappa shape index (κ3) is 4.69. The lowest BCUT2D eigenvalue weighted by molar-refractivity contribution is -0.144. The summed E-state index contributed by atoms with van der Waals surface area (Å²) in [7, 11) is 0. The van der Waals surface area contributed by atoms with Crippen LogP contribution < -0.4 is 5.32 Å². The summed E-state index contributed by atoms with van der Waals surface area (Å²) in [5.74, 6) is -0.825. The summed E-state index contributed by atoms with van der Waals surface area (Å²) < 4.78 is 42.6. The number of alkyl halides is 3. The first-order valence-corrected chi connectivity index (χ1v) is 10.1. The molecule has 0 radical (unpaired) electrons. The van der Waals surface area contributed by atoms with Gasteiger partial charge in [-0.25, -0.2) is 4.98 Å². The Kier molecular flexibility index (Phi) is 6.09. The molecule has 0 saturated carbocycles. The number of amides is 1. The van der Waals surface area contributed by atoms with Crippen molar-refractivity contribution in [3.63, 3.8) is 0 Å². The SMILES string of the molecule is CC(c1cccc(Cl)c1)n1ncc(C(=O)Nc2cnc(-n3nccn3)c(Cl)c2)c1C(F)(F)F. The lowest BCUT2D eigenvalue weighted by atomic mass is 10.1. The molecule has 1 aromatic carbocycles. The van der Waals surface area contributed by atoms with Crippen LogP contribution >= 0.6 is 23.2 Å². The number of hydrogen-bond donors (Lipinski definition) is 1. The van der Waals surface area contributed by atoms with Gasteiger partial charge in [0.2, 0.25) is 0 Å². The van der Waals surface area contributed by atoms with E-state index >= 15 is 0 Å². The summed E-state index contributed by atoms with van der Waals surface area (Å²) in [6.45, 7) is 1.53. The Labute approximate surface area is 194 Å². The van der Waals surface area contributed by atoms with Gasteiger partial charge in [-0.3, -0.25) is 9.48 Å². The molecular formula is C20H14Cl2F3N7O. The number of nitrogens with one attached hydrogen (secondary N) is 1. The zero-order valence-electron chi connectivity index (χ0n) is 16.8. The second-order valence-corrected chi connectivity index (χ2v) is 7.73. The van der Waals surface area contributed by atoms with Crippen LogP contribution in [-0.4, -0.2) is 35.7 Å². The Bertz CT molecular complexity index is 1310. The first-order valence-electron chi connectivity index (χ1n) is 9.39. The second-order valence-electron chi connectivity index (χ2n) is 6.88. The van der Waals surface area contributed by atoms with Crippen molar-refractivity contribution in [2.75, 3.05) is 5.32 Å². The maximum absolute atomic E-state index is 14.0. The number of carbonyl (C=O) groups excluding carboxylic acids is 1. The van der Waals surface area contributed by atoms with Crippen LogP contribution in [-0.2, 0) is 6.18 Å². The summed E-state index contributed by atoms with van der Waals surface area (Å²) in [5.41, 5.74) is -1.25. The molecule has 0 aliphatic heterocycles. The van der Waals surface area contributed by atoms with Crippen molar-refractivity contribution >= 4 is 34.8 Å². The summed E-state index contributed by atoms with van der Waals surface area (Å²) in [6.07, 6.45) is 0.107. The first kappa shape index (κ1) is 22.7. The van der Waals surface area contributed by atoms with Crippen molar-refractivity contribution in [1.29, 1.82) is 0 Å². The molecule has 0 bridgehead atoms. The number of rotatable bonds is 5. The highest BCUT2D eigenvalue weighted by Crippen LogP contribution is 2.35. The molecule has 1 N–H and O–H groups in total. The number of anilines is 1. The molecule has 0 aliphatic rings. The number of pyridine rings is 1. The minimum atomic E-state index is -4.85. The lowest BCUT2D eigenvalue weighted by Crippen LogP contribution is -2.23. The molecule has 8 nitrogen and oxygen atoms in total. The Hall–Kier alpha value is -3.44. The van der Waals surface area contributed by atoms with Crippen LogP contribution in [0.5, 0.6) is 0 Å². The fraction of sp³-hybridized carbons (Fsp3) is 0.150. The summed E-state index contributed by atoms with van der Waals surface area (Å²) in [6, 6.07) is 6.89. The standard InChI is InChI=1S/C20H14Cl2F3N7O/c1-11(12-3-2-4-13(21)7-12)31-17(20(23,24)25)15(10-29-31)19(33)30-14-8-16(22)18(26-9-14)32-27-5-6-28-32/h2-11H,1H3,(H,30,33).